The third kappa shape index (κ3) is 4.50. The van der Waals surface area contributed by atoms with Crippen molar-refractivity contribution < 1.29 is 0 Å². The van der Waals surface area contributed by atoms with Crippen LogP contribution in [0.1, 0.15) is 18.1 Å². The highest BCUT2D eigenvalue weighted by Gasteiger charge is 2.04. The molecule has 1 N–H and O–H groups in total. The van der Waals surface area contributed by atoms with E-state index in [0.717, 1.165) is 19.4 Å². The zero-order valence-corrected chi connectivity index (χ0v) is 14.9. The smallest absolute Gasteiger partial charge is 0.0306 e. The number of hydrogen-bond acceptors (Lipinski definition) is 2. The van der Waals surface area contributed by atoms with Crippen LogP contribution in [0, 0.1) is 0 Å². The molecule has 0 saturated carbocycles. The quantitative estimate of drug-likeness (QED) is 0.436. The highest BCUT2D eigenvalue weighted by atomic mass is 32.2. The minimum atomic E-state index is 0.958. The van der Waals surface area contributed by atoms with Crippen molar-refractivity contribution in [3.63, 3.8) is 0 Å². The number of hydrogen-bond donors (Lipinski definition) is 1. The Morgan fingerprint density at radius 1 is 0.750 bits per heavy atom. The summed E-state index contributed by atoms with van der Waals surface area (Å²) in [7, 11) is 0. The van der Waals surface area contributed by atoms with Crippen LogP contribution in [0.3, 0.4) is 0 Å². The average Bonchev–Trinajstić information content (AvgIpc) is 2.67. The molecule has 3 aromatic carbocycles. The van der Waals surface area contributed by atoms with Gasteiger partial charge in [0.2, 0.25) is 0 Å². The van der Waals surface area contributed by atoms with Crippen molar-refractivity contribution in [2.45, 2.75) is 24.7 Å². The minimum absolute atomic E-state index is 0.958. The van der Waals surface area contributed by atoms with Crippen LogP contribution in [0.15, 0.2) is 83.8 Å². The third-order valence-electron chi connectivity index (χ3n) is 4.10. The Kier molecular flexibility index (Phi) is 6.11. The van der Waals surface area contributed by atoms with Gasteiger partial charge in [0.25, 0.3) is 0 Å². The molecule has 0 aliphatic carbocycles. The molecule has 3 rings (SSSR count). The van der Waals surface area contributed by atoms with Crippen molar-refractivity contribution in [2.24, 2.45) is 0 Å². The Labute approximate surface area is 149 Å². The second kappa shape index (κ2) is 8.72. The monoisotopic (exact) mass is 333 g/mol. The lowest BCUT2D eigenvalue weighted by Crippen LogP contribution is -2.08. The van der Waals surface area contributed by atoms with Crippen LogP contribution in [0.2, 0.25) is 0 Å². The fraction of sp³-hybridized carbons (Fsp3) is 0.182. The van der Waals surface area contributed by atoms with E-state index in [9.17, 15) is 0 Å². The lowest BCUT2D eigenvalue weighted by molar-refractivity contribution is 0.906. The maximum atomic E-state index is 3.51. The normalized spacial score (nSPS) is 10.7. The lowest BCUT2D eigenvalue weighted by atomic mass is 10.1. The summed E-state index contributed by atoms with van der Waals surface area (Å²) in [6.07, 6.45) is 2.15. The van der Waals surface area contributed by atoms with E-state index in [-0.39, 0.29) is 0 Å². The summed E-state index contributed by atoms with van der Waals surface area (Å²) >= 11 is 1.72. The van der Waals surface area contributed by atoms with Gasteiger partial charge in [-0.05, 0) is 53.1 Å². The number of rotatable bonds is 7. The Balaban J connectivity index is 1.57. The standard InChI is InChI=1S/C22H23NS/c1-2-18-12-14-19(15-13-18)16-17-23-24-22-11-7-6-10-21(22)20-8-4-3-5-9-20/h3-15,23H,2,16-17H2,1H3. The van der Waals surface area contributed by atoms with Gasteiger partial charge in [0.15, 0.2) is 0 Å². The van der Waals surface area contributed by atoms with Gasteiger partial charge in [-0.1, -0.05) is 79.7 Å². The first-order valence-electron chi connectivity index (χ1n) is 8.49. The number of benzene rings is 3. The molecule has 0 fully saturated rings. The summed E-state index contributed by atoms with van der Waals surface area (Å²) in [5.74, 6) is 0. The zero-order valence-electron chi connectivity index (χ0n) is 14.0. The van der Waals surface area contributed by atoms with E-state index in [2.05, 4.69) is 90.5 Å². The van der Waals surface area contributed by atoms with Gasteiger partial charge in [-0.15, -0.1) is 0 Å². The maximum absolute atomic E-state index is 3.51. The van der Waals surface area contributed by atoms with Crippen LogP contribution < -0.4 is 4.72 Å². The van der Waals surface area contributed by atoms with E-state index in [1.165, 1.54) is 27.1 Å². The molecule has 24 heavy (non-hydrogen) atoms. The molecule has 122 valence electrons. The molecular formula is C22H23NS. The molecular weight excluding hydrogens is 310 g/mol. The van der Waals surface area contributed by atoms with Crippen molar-refractivity contribution >= 4 is 11.9 Å². The molecule has 0 bridgehead atoms. The van der Waals surface area contributed by atoms with Crippen LogP contribution in [0.4, 0.5) is 0 Å². The summed E-state index contributed by atoms with van der Waals surface area (Å²) < 4.78 is 3.51. The molecule has 2 heteroatoms. The Hall–Kier alpha value is -2.03. The van der Waals surface area contributed by atoms with Crippen molar-refractivity contribution in [2.75, 3.05) is 6.54 Å². The molecule has 0 aliphatic rings. The number of nitrogens with one attached hydrogen (secondary N) is 1. The largest absolute Gasteiger partial charge is 0.260 e. The fourth-order valence-electron chi connectivity index (χ4n) is 2.68. The molecule has 0 amide bonds. The summed E-state index contributed by atoms with van der Waals surface area (Å²) in [4.78, 5) is 1.27. The van der Waals surface area contributed by atoms with E-state index in [1.54, 1.807) is 11.9 Å². The topological polar surface area (TPSA) is 12.0 Å². The number of aryl methyl sites for hydroxylation is 1. The van der Waals surface area contributed by atoms with Gasteiger partial charge < -0.3 is 0 Å². The highest BCUT2D eigenvalue weighted by molar-refractivity contribution is 7.97. The molecule has 0 saturated heterocycles. The van der Waals surface area contributed by atoms with Crippen molar-refractivity contribution in [3.8, 4) is 11.1 Å². The zero-order chi connectivity index (χ0) is 16.6. The summed E-state index contributed by atoms with van der Waals surface area (Å²) in [6.45, 7) is 3.15. The van der Waals surface area contributed by atoms with Crippen molar-refractivity contribution in [1.82, 2.24) is 4.72 Å². The summed E-state index contributed by atoms with van der Waals surface area (Å²) in [5, 5.41) is 0. The van der Waals surface area contributed by atoms with Crippen molar-refractivity contribution in [3.05, 3.63) is 90.0 Å². The molecule has 3 aromatic rings. The van der Waals surface area contributed by atoms with E-state index in [4.69, 9.17) is 0 Å². The first-order chi connectivity index (χ1) is 11.9. The Morgan fingerprint density at radius 2 is 1.42 bits per heavy atom. The van der Waals surface area contributed by atoms with E-state index < -0.39 is 0 Å². The SMILES string of the molecule is CCc1ccc(CCNSc2ccccc2-c2ccccc2)cc1. The molecule has 0 aliphatic heterocycles. The average molecular weight is 334 g/mol. The van der Waals surface area contributed by atoms with Crippen LogP contribution >= 0.6 is 11.9 Å². The van der Waals surface area contributed by atoms with Gasteiger partial charge in [0, 0.05) is 11.4 Å². The van der Waals surface area contributed by atoms with Gasteiger partial charge in [0.05, 0.1) is 0 Å². The van der Waals surface area contributed by atoms with E-state index in [1.807, 2.05) is 0 Å². The summed E-state index contributed by atoms with van der Waals surface area (Å²) in [5.41, 5.74) is 5.33. The Bertz CT molecular complexity index is 750. The van der Waals surface area contributed by atoms with Gasteiger partial charge >= 0.3 is 0 Å². The second-order valence-electron chi connectivity index (χ2n) is 5.78. The van der Waals surface area contributed by atoms with Crippen LogP contribution in [0.5, 0.6) is 0 Å². The minimum Gasteiger partial charge on any atom is -0.260 e. The van der Waals surface area contributed by atoms with Gasteiger partial charge in [-0.25, -0.2) is 0 Å². The molecule has 0 atom stereocenters. The predicted molar refractivity (Wildman–Crippen MR) is 105 cm³/mol. The Morgan fingerprint density at radius 3 is 2.17 bits per heavy atom. The lowest BCUT2D eigenvalue weighted by Gasteiger charge is -2.10. The van der Waals surface area contributed by atoms with Gasteiger partial charge in [0.1, 0.15) is 0 Å². The van der Waals surface area contributed by atoms with Crippen LogP contribution in [0.25, 0.3) is 11.1 Å². The molecule has 0 radical (unpaired) electrons. The second-order valence-corrected chi connectivity index (χ2v) is 6.71. The molecule has 0 heterocycles. The predicted octanol–water partition coefficient (Wildman–Crippen LogP) is 5.76. The first-order valence-corrected chi connectivity index (χ1v) is 9.30. The first kappa shape index (κ1) is 16.8. The molecule has 0 aromatic heterocycles. The molecule has 0 spiro atoms. The fourth-order valence-corrected chi connectivity index (χ4v) is 3.48. The van der Waals surface area contributed by atoms with E-state index >= 15 is 0 Å². The van der Waals surface area contributed by atoms with E-state index in [0.29, 0.717) is 0 Å². The third-order valence-corrected chi connectivity index (χ3v) is 5.03. The molecule has 0 unspecified atom stereocenters. The van der Waals surface area contributed by atoms with Gasteiger partial charge in [-0.3, -0.25) is 4.72 Å². The maximum Gasteiger partial charge on any atom is 0.0306 e. The van der Waals surface area contributed by atoms with Gasteiger partial charge in [-0.2, -0.15) is 0 Å². The highest BCUT2D eigenvalue weighted by Crippen LogP contribution is 2.29. The summed E-state index contributed by atoms with van der Waals surface area (Å²) in [6, 6.07) is 28.0. The van der Waals surface area contributed by atoms with Crippen molar-refractivity contribution in [1.29, 1.82) is 0 Å². The van der Waals surface area contributed by atoms with Crippen LogP contribution in [-0.4, -0.2) is 6.54 Å². The van der Waals surface area contributed by atoms with Crippen LogP contribution in [-0.2, 0) is 12.8 Å². The molecule has 1 nitrogen and oxygen atoms in total.